The van der Waals surface area contributed by atoms with E-state index in [2.05, 4.69) is 233 Å². The number of fused-ring (bicyclic) bond motifs is 17. The molecule has 3 heterocycles. The monoisotopic (exact) mass is 1060 g/mol. The first kappa shape index (κ1) is 47.1. The van der Waals surface area contributed by atoms with Crippen molar-refractivity contribution in [3.05, 3.63) is 254 Å². The molecule has 4 nitrogen and oxygen atoms in total. The predicted octanol–water partition coefficient (Wildman–Crippen LogP) is 22.8. The normalized spacial score (nSPS) is 12.5. The van der Waals surface area contributed by atoms with Crippen molar-refractivity contribution in [3.63, 3.8) is 0 Å². The maximum Gasteiger partial charge on any atom is 0.178 e. The Kier molecular flexibility index (Phi) is 10.6. The van der Waals surface area contributed by atoms with Crippen LogP contribution in [0.1, 0.15) is 26.3 Å². The molecule has 1 aromatic heterocycles. The first-order valence-corrected chi connectivity index (χ1v) is 28.4. The molecule has 15 aromatic rings. The lowest BCUT2D eigenvalue weighted by Crippen LogP contribution is -2.13. The average Bonchev–Trinajstić information content (AvgIpc) is 4.11. The van der Waals surface area contributed by atoms with E-state index in [0.717, 1.165) is 106 Å². The van der Waals surface area contributed by atoms with Crippen molar-refractivity contribution in [2.24, 2.45) is 0 Å². The highest BCUT2D eigenvalue weighted by Crippen LogP contribution is 2.55. The van der Waals surface area contributed by atoms with Crippen molar-refractivity contribution in [1.82, 2.24) is 0 Å². The van der Waals surface area contributed by atoms with Crippen LogP contribution in [-0.4, -0.2) is 0 Å². The lowest BCUT2D eigenvalue weighted by atomic mass is 9.78. The molecule has 0 radical (unpaired) electrons. The van der Waals surface area contributed by atoms with Crippen LogP contribution in [0.25, 0.3) is 118 Å². The third-order valence-electron chi connectivity index (χ3n) is 16.3. The second kappa shape index (κ2) is 18.3. The minimum atomic E-state index is 0.00843. The molecule has 14 aromatic carbocycles. The number of benzene rings is 14. The van der Waals surface area contributed by atoms with Crippen molar-refractivity contribution in [2.75, 3.05) is 0 Å². The minimum absolute atomic E-state index is 0.00843. The average molecular weight is 1060 g/mol. The second-order valence-corrected chi connectivity index (χ2v) is 23.3. The first-order valence-electron chi connectivity index (χ1n) is 27.6. The second-order valence-electron chi connectivity index (χ2n) is 22.2. The lowest BCUT2D eigenvalue weighted by molar-refractivity contribution is 0.367. The SMILES string of the molecule is CC(C)(C)c1c2ccccc2c(-c2ccc(-c3cc4c(c5ccccc35)Oc3c(ccc5ccccc35)O4)cc2)c2ccccc12.c1ccc2c3c(ccc2c1)Oc1cc(-c2ccc4sc5ccccc5c4c2)c2ccccc2c1O3. The van der Waals surface area contributed by atoms with Crippen LogP contribution in [0.3, 0.4) is 0 Å². The summed E-state index contributed by atoms with van der Waals surface area (Å²) in [7, 11) is 0. The number of rotatable bonds is 3. The molecule has 0 saturated heterocycles. The molecule has 5 heteroatoms. The Morgan fingerprint density at radius 2 is 0.667 bits per heavy atom. The zero-order chi connectivity index (χ0) is 53.9. The van der Waals surface area contributed by atoms with Gasteiger partial charge in [-0.05, 0) is 130 Å². The lowest BCUT2D eigenvalue weighted by Gasteiger charge is -2.26. The third-order valence-corrected chi connectivity index (χ3v) is 17.5. The quantitative estimate of drug-likeness (QED) is 0.165. The molecule has 0 N–H and O–H groups in total. The zero-order valence-corrected chi connectivity index (χ0v) is 45.5. The summed E-state index contributed by atoms with van der Waals surface area (Å²) in [5.41, 5.74) is 8.46. The molecule has 0 fully saturated rings. The maximum absolute atomic E-state index is 6.66. The molecule has 2 aliphatic heterocycles. The Bertz CT molecular complexity index is 5040. The summed E-state index contributed by atoms with van der Waals surface area (Å²) in [6, 6.07) is 88.0. The van der Waals surface area contributed by atoms with Crippen molar-refractivity contribution < 1.29 is 18.9 Å². The molecule has 17 rings (SSSR count). The Labute approximate surface area is 472 Å². The van der Waals surface area contributed by atoms with Crippen LogP contribution < -0.4 is 18.9 Å². The number of thiophene rings is 1. The highest BCUT2D eigenvalue weighted by Gasteiger charge is 2.28. The summed E-state index contributed by atoms with van der Waals surface area (Å²) in [5, 5.41) is 16.5. The van der Waals surface area contributed by atoms with E-state index in [0.29, 0.717) is 0 Å². The standard InChI is InChI=1S/C44H32O2.C32H18O2S/c1-44(2,3)41-34-17-9-7-15-32(34)40(33-16-8-10-18-35(33)41)29-22-20-28(21-23-29)37-26-39-43(36-19-11-6-14-31(36)37)46-42-30-13-5-4-12-27(30)24-25-38(42)45-39;1-2-8-21-19(7-1)13-15-27-31(21)34-32-24-11-4-3-9-22(24)25(18-28(32)33-27)20-14-16-30-26(17-20)23-10-5-6-12-29(23)35-30/h4-26H,1-3H3;1-18H. The molecule has 2 aliphatic rings. The Balaban J connectivity index is 0.000000139. The predicted molar refractivity (Wildman–Crippen MR) is 339 cm³/mol. The van der Waals surface area contributed by atoms with Gasteiger partial charge in [0.15, 0.2) is 46.0 Å². The number of hydrogen-bond donors (Lipinski definition) is 0. The van der Waals surface area contributed by atoms with Gasteiger partial charge in [0.05, 0.1) is 0 Å². The molecular weight excluding hydrogens is 1010 g/mol. The molecule has 0 spiro atoms. The first-order chi connectivity index (χ1) is 39.8. The van der Waals surface area contributed by atoms with Gasteiger partial charge in [-0.25, -0.2) is 0 Å². The Morgan fingerprint density at radius 3 is 1.20 bits per heavy atom. The van der Waals surface area contributed by atoms with Crippen molar-refractivity contribution in [1.29, 1.82) is 0 Å². The molecule has 0 unspecified atom stereocenters. The van der Waals surface area contributed by atoms with E-state index in [1.165, 1.54) is 64.0 Å². The van der Waals surface area contributed by atoms with Crippen LogP contribution >= 0.6 is 11.3 Å². The molecular formula is C76H50O4S. The van der Waals surface area contributed by atoms with Crippen molar-refractivity contribution >= 4 is 96.1 Å². The van der Waals surface area contributed by atoms with Gasteiger partial charge < -0.3 is 18.9 Å². The van der Waals surface area contributed by atoms with Crippen LogP contribution in [0.5, 0.6) is 46.0 Å². The molecule has 0 bridgehead atoms. The van der Waals surface area contributed by atoms with Crippen LogP contribution in [0.15, 0.2) is 249 Å². The number of hydrogen-bond acceptors (Lipinski definition) is 5. The molecule has 384 valence electrons. The summed E-state index contributed by atoms with van der Waals surface area (Å²) < 4.78 is 28.9. The fourth-order valence-corrected chi connectivity index (χ4v) is 13.8. The Hall–Kier alpha value is -9.94. The van der Waals surface area contributed by atoms with Gasteiger partial charge >= 0.3 is 0 Å². The van der Waals surface area contributed by atoms with Gasteiger partial charge in [-0.3, -0.25) is 0 Å². The maximum atomic E-state index is 6.66. The van der Waals surface area contributed by atoms with Gasteiger partial charge in [-0.1, -0.05) is 227 Å². The molecule has 0 amide bonds. The van der Waals surface area contributed by atoms with E-state index >= 15 is 0 Å². The zero-order valence-electron chi connectivity index (χ0n) is 44.7. The largest absolute Gasteiger partial charge is 0.449 e. The van der Waals surface area contributed by atoms with E-state index in [1.54, 1.807) is 0 Å². The van der Waals surface area contributed by atoms with E-state index in [-0.39, 0.29) is 5.41 Å². The van der Waals surface area contributed by atoms with Crippen molar-refractivity contribution in [2.45, 2.75) is 26.2 Å². The van der Waals surface area contributed by atoms with Gasteiger partial charge in [-0.15, -0.1) is 11.3 Å². The Morgan fingerprint density at radius 1 is 0.272 bits per heavy atom. The van der Waals surface area contributed by atoms with Gasteiger partial charge in [0.25, 0.3) is 0 Å². The molecule has 0 atom stereocenters. The van der Waals surface area contributed by atoms with E-state index in [4.69, 9.17) is 18.9 Å². The minimum Gasteiger partial charge on any atom is -0.449 e. The highest BCUT2D eigenvalue weighted by molar-refractivity contribution is 7.25. The van der Waals surface area contributed by atoms with Crippen LogP contribution in [0.2, 0.25) is 0 Å². The summed E-state index contributed by atoms with van der Waals surface area (Å²) in [6.07, 6.45) is 0. The fraction of sp³-hybridized carbons (Fsp3) is 0.0526. The van der Waals surface area contributed by atoms with Crippen LogP contribution in [0, 0.1) is 0 Å². The third kappa shape index (κ3) is 7.64. The number of ether oxygens (including phenoxy) is 4. The summed E-state index contributed by atoms with van der Waals surface area (Å²) >= 11 is 1.84. The van der Waals surface area contributed by atoms with Gasteiger partial charge in [-0.2, -0.15) is 0 Å². The summed E-state index contributed by atoms with van der Waals surface area (Å²) in [6.45, 7) is 6.94. The van der Waals surface area contributed by atoms with E-state index in [9.17, 15) is 0 Å². The van der Waals surface area contributed by atoms with Gasteiger partial charge in [0.1, 0.15) is 0 Å². The van der Waals surface area contributed by atoms with E-state index < -0.39 is 0 Å². The molecule has 81 heavy (non-hydrogen) atoms. The topological polar surface area (TPSA) is 36.9 Å². The summed E-state index contributed by atoms with van der Waals surface area (Å²) in [5.74, 6) is 6.04. The summed E-state index contributed by atoms with van der Waals surface area (Å²) in [4.78, 5) is 0. The van der Waals surface area contributed by atoms with Crippen LogP contribution in [-0.2, 0) is 5.41 Å². The van der Waals surface area contributed by atoms with Gasteiger partial charge in [0, 0.05) is 41.7 Å². The highest BCUT2D eigenvalue weighted by atomic mass is 32.1. The van der Waals surface area contributed by atoms with E-state index in [1.807, 2.05) is 47.7 Å². The van der Waals surface area contributed by atoms with Crippen LogP contribution in [0.4, 0.5) is 0 Å². The fourth-order valence-electron chi connectivity index (χ4n) is 12.7. The van der Waals surface area contributed by atoms with Gasteiger partial charge in [0.2, 0.25) is 0 Å². The van der Waals surface area contributed by atoms with Crippen molar-refractivity contribution in [3.8, 4) is 79.4 Å². The molecule has 0 saturated carbocycles. The smallest absolute Gasteiger partial charge is 0.178 e. The molecule has 0 aliphatic carbocycles.